The van der Waals surface area contributed by atoms with Gasteiger partial charge in [0.2, 0.25) is 0 Å². The van der Waals surface area contributed by atoms with Crippen LogP contribution in [0.3, 0.4) is 0 Å². The van der Waals surface area contributed by atoms with Crippen molar-refractivity contribution in [3.63, 3.8) is 0 Å². The molecule has 0 aromatic heterocycles. The number of benzene rings is 2. The second-order valence-electron chi connectivity index (χ2n) is 6.97. The Balaban J connectivity index is 1.50. The van der Waals surface area contributed by atoms with Gasteiger partial charge in [0.1, 0.15) is 24.2 Å². The first-order valence-corrected chi connectivity index (χ1v) is 9.69. The number of para-hydroxylation sites is 1. The molecule has 0 radical (unpaired) electrons. The summed E-state index contributed by atoms with van der Waals surface area (Å²) < 4.78 is 11.2. The summed E-state index contributed by atoms with van der Waals surface area (Å²) in [7, 11) is 1.68. The van der Waals surface area contributed by atoms with Gasteiger partial charge >= 0.3 is 0 Å². The Hall–Kier alpha value is -2.08. The van der Waals surface area contributed by atoms with Crippen LogP contribution in [0.1, 0.15) is 11.1 Å². The van der Waals surface area contributed by atoms with Gasteiger partial charge in [-0.05, 0) is 42.2 Å². The van der Waals surface area contributed by atoms with Gasteiger partial charge in [-0.15, -0.1) is 0 Å². The maximum Gasteiger partial charge on any atom is 0.122 e. The van der Waals surface area contributed by atoms with E-state index in [2.05, 4.69) is 28.4 Å². The zero-order chi connectivity index (χ0) is 18.9. The van der Waals surface area contributed by atoms with E-state index < -0.39 is 6.10 Å². The fourth-order valence-corrected chi connectivity index (χ4v) is 3.35. The van der Waals surface area contributed by atoms with E-state index in [-0.39, 0.29) is 0 Å². The average Bonchev–Trinajstić information content (AvgIpc) is 2.72. The monoisotopic (exact) mass is 370 g/mol. The number of aliphatic hydroxyl groups is 1. The van der Waals surface area contributed by atoms with Crippen molar-refractivity contribution in [3.8, 4) is 11.5 Å². The van der Waals surface area contributed by atoms with Crippen LogP contribution in [0.15, 0.2) is 48.5 Å². The molecule has 0 amide bonds. The van der Waals surface area contributed by atoms with Crippen LogP contribution in [0.4, 0.5) is 0 Å². The summed E-state index contributed by atoms with van der Waals surface area (Å²) in [6, 6.07) is 16.3. The molecule has 5 nitrogen and oxygen atoms in total. The number of piperazine rings is 1. The third kappa shape index (κ3) is 6.24. The number of methoxy groups -OCH3 is 1. The number of β-amino-alcohol motifs (C(OH)–C–C–N with tert-alkyl or cyclic N) is 1. The fraction of sp³-hybridized carbons (Fsp3) is 0.455. The molecule has 2 N–H and O–H groups in total. The van der Waals surface area contributed by atoms with Crippen LogP contribution in [0.2, 0.25) is 0 Å². The maximum absolute atomic E-state index is 10.3. The van der Waals surface area contributed by atoms with Crippen LogP contribution in [-0.4, -0.2) is 62.6 Å². The van der Waals surface area contributed by atoms with Crippen LogP contribution in [-0.2, 0) is 12.8 Å². The molecule has 2 aromatic rings. The largest absolute Gasteiger partial charge is 0.497 e. The van der Waals surface area contributed by atoms with Crippen molar-refractivity contribution in [2.75, 3.05) is 46.4 Å². The summed E-state index contributed by atoms with van der Waals surface area (Å²) in [5.41, 5.74) is 2.44. The van der Waals surface area contributed by atoms with Gasteiger partial charge in [0.15, 0.2) is 0 Å². The summed E-state index contributed by atoms with van der Waals surface area (Å²) in [5, 5.41) is 13.6. The lowest BCUT2D eigenvalue weighted by Gasteiger charge is -2.29. The molecule has 5 heteroatoms. The lowest BCUT2D eigenvalue weighted by Crippen LogP contribution is -2.47. The van der Waals surface area contributed by atoms with Crippen molar-refractivity contribution >= 4 is 0 Å². The molecular formula is C22H30N2O3. The molecule has 0 spiro atoms. The quantitative estimate of drug-likeness (QED) is 0.708. The van der Waals surface area contributed by atoms with Gasteiger partial charge in [-0.25, -0.2) is 0 Å². The van der Waals surface area contributed by atoms with Crippen molar-refractivity contribution in [3.05, 3.63) is 59.7 Å². The van der Waals surface area contributed by atoms with Gasteiger partial charge in [-0.2, -0.15) is 0 Å². The predicted molar refractivity (Wildman–Crippen MR) is 108 cm³/mol. The first-order chi connectivity index (χ1) is 13.2. The molecule has 2 aromatic carbocycles. The molecule has 1 heterocycles. The Bertz CT molecular complexity index is 684. The van der Waals surface area contributed by atoms with E-state index in [9.17, 15) is 5.11 Å². The number of rotatable bonds is 9. The van der Waals surface area contributed by atoms with E-state index in [1.807, 2.05) is 30.3 Å². The zero-order valence-electron chi connectivity index (χ0n) is 16.1. The second kappa shape index (κ2) is 10.3. The lowest BCUT2D eigenvalue weighted by atomic mass is 10.0. The first-order valence-electron chi connectivity index (χ1n) is 9.69. The molecule has 0 saturated carbocycles. The van der Waals surface area contributed by atoms with Crippen molar-refractivity contribution in [2.45, 2.75) is 18.9 Å². The van der Waals surface area contributed by atoms with Gasteiger partial charge in [0.05, 0.1) is 7.11 Å². The number of nitrogens with one attached hydrogen (secondary N) is 1. The van der Waals surface area contributed by atoms with Gasteiger partial charge in [0, 0.05) is 32.7 Å². The van der Waals surface area contributed by atoms with E-state index in [0.29, 0.717) is 13.2 Å². The SMILES string of the molecule is COc1ccc(CCc2ccccc2OCC(O)CN2CCNCC2)cc1. The van der Waals surface area contributed by atoms with Crippen molar-refractivity contribution < 1.29 is 14.6 Å². The van der Waals surface area contributed by atoms with Crippen LogP contribution in [0.25, 0.3) is 0 Å². The van der Waals surface area contributed by atoms with E-state index in [1.54, 1.807) is 7.11 Å². The van der Waals surface area contributed by atoms with Gasteiger partial charge in [-0.3, -0.25) is 4.90 Å². The summed E-state index contributed by atoms with van der Waals surface area (Å²) in [6.45, 7) is 4.92. The molecule has 0 bridgehead atoms. The highest BCUT2D eigenvalue weighted by atomic mass is 16.5. The molecule has 27 heavy (non-hydrogen) atoms. The van der Waals surface area contributed by atoms with Gasteiger partial charge in [-0.1, -0.05) is 30.3 Å². The number of aryl methyl sites for hydroxylation is 2. The summed E-state index contributed by atoms with van der Waals surface area (Å²) in [4.78, 5) is 2.28. The van der Waals surface area contributed by atoms with Crippen LogP contribution >= 0.6 is 0 Å². The highest BCUT2D eigenvalue weighted by molar-refractivity contribution is 5.35. The number of hydrogen-bond donors (Lipinski definition) is 2. The molecule has 0 aliphatic carbocycles. The molecule has 146 valence electrons. The van der Waals surface area contributed by atoms with Crippen molar-refractivity contribution in [1.82, 2.24) is 10.2 Å². The fourth-order valence-electron chi connectivity index (χ4n) is 3.35. The Labute approximate surface area is 161 Å². The number of hydrogen-bond acceptors (Lipinski definition) is 5. The normalized spacial score (nSPS) is 16.1. The average molecular weight is 370 g/mol. The van der Waals surface area contributed by atoms with E-state index >= 15 is 0 Å². The summed E-state index contributed by atoms with van der Waals surface area (Å²) in [5.74, 6) is 1.74. The third-order valence-electron chi connectivity index (χ3n) is 4.92. The summed E-state index contributed by atoms with van der Waals surface area (Å²) >= 11 is 0. The molecule has 1 aliphatic heterocycles. The van der Waals surface area contributed by atoms with Crippen molar-refractivity contribution in [2.24, 2.45) is 0 Å². The highest BCUT2D eigenvalue weighted by Crippen LogP contribution is 2.21. The molecule has 1 atom stereocenters. The van der Waals surface area contributed by atoms with Crippen LogP contribution in [0, 0.1) is 0 Å². The predicted octanol–water partition coefficient (Wildman–Crippen LogP) is 2.13. The number of aliphatic hydroxyl groups excluding tert-OH is 1. The Morgan fingerprint density at radius 1 is 1.04 bits per heavy atom. The molecule has 1 saturated heterocycles. The van der Waals surface area contributed by atoms with Crippen molar-refractivity contribution in [1.29, 1.82) is 0 Å². The Morgan fingerprint density at radius 3 is 2.52 bits per heavy atom. The summed E-state index contributed by atoms with van der Waals surface area (Å²) in [6.07, 6.45) is 1.36. The van der Waals surface area contributed by atoms with E-state index in [4.69, 9.17) is 9.47 Å². The first kappa shape index (κ1) is 19.7. The highest BCUT2D eigenvalue weighted by Gasteiger charge is 2.15. The zero-order valence-corrected chi connectivity index (χ0v) is 16.1. The Morgan fingerprint density at radius 2 is 1.78 bits per heavy atom. The topological polar surface area (TPSA) is 54.0 Å². The minimum atomic E-state index is -0.474. The second-order valence-corrected chi connectivity index (χ2v) is 6.97. The Kier molecular flexibility index (Phi) is 7.51. The van der Waals surface area contributed by atoms with E-state index in [0.717, 1.165) is 50.5 Å². The molecular weight excluding hydrogens is 340 g/mol. The van der Waals surface area contributed by atoms with Crippen LogP contribution < -0.4 is 14.8 Å². The number of ether oxygens (including phenoxy) is 2. The van der Waals surface area contributed by atoms with Gasteiger partial charge < -0.3 is 19.9 Å². The minimum Gasteiger partial charge on any atom is -0.497 e. The van der Waals surface area contributed by atoms with Gasteiger partial charge in [0.25, 0.3) is 0 Å². The van der Waals surface area contributed by atoms with E-state index in [1.165, 1.54) is 11.1 Å². The molecule has 1 aliphatic rings. The number of nitrogens with zero attached hydrogens (tertiary/aromatic N) is 1. The molecule has 1 unspecified atom stereocenters. The molecule has 1 fully saturated rings. The standard InChI is InChI=1S/C22H30N2O3/c1-26-21-10-7-18(8-11-21)6-9-19-4-2-3-5-22(19)27-17-20(25)16-24-14-12-23-13-15-24/h2-5,7-8,10-11,20,23,25H,6,9,12-17H2,1H3. The van der Waals surface area contributed by atoms with Crippen LogP contribution in [0.5, 0.6) is 11.5 Å². The smallest absolute Gasteiger partial charge is 0.122 e. The lowest BCUT2D eigenvalue weighted by molar-refractivity contribution is 0.0638. The minimum absolute atomic E-state index is 0.323. The molecule has 3 rings (SSSR count). The maximum atomic E-state index is 10.3. The third-order valence-corrected chi connectivity index (χ3v) is 4.92.